The Morgan fingerprint density at radius 2 is 2.08 bits per heavy atom. The standard InChI is InChI=1S/C12H19N/c1-5-10-7-8-13-9-11(10)12(3,4)6-2/h5-6,13H,1-2,7-9H2,3-4H3. The lowest BCUT2D eigenvalue weighted by Gasteiger charge is -2.30. The number of hydrogen-bond acceptors (Lipinski definition) is 1. The summed E-state index contributed by atoms with van der Waals surface area (Å²) in [6, 6.07) is 0. The molecular formula is C12H19N. The van der Waals surface area contributed by atoms with Crippen molar-refractivity contribution in [3.63, 3.8) is 0 Å². The Bertz CT molecular complexity index is 246. The smallest absolute Gasteiger partial charge is 0.0179 e. The number of allylic oxidation sites excluding steroid dienone is 2. The lowest BCUT2D eigenvalue weighted by atomic mass is 9.79. The molecule has 0 radical (unpaired) electrons. The average molecular weight is 177 g/mol. The van der Waals surface area contributed by atoms with Crippen LogP contribution in [0.5, 0.6) is 0 Å². The Hall–Kier alpha value is -0.820. The summed E-state index contributed by atoms with van der Waals surface area (Å²) in [5.41, 5.74) is 2.92. The maximum absolute atomic E-state index is 3.88. The normalized spacial score (nSPS) is 18.6. The van der Waals surface area contributed by atoms with Gasteiger partial charge in [0.2, 0.25) is 0 Å². The second kappa shape index (κ2) is 3.93. The van der Waals surface area contributed by atoms with Crippen LogP contribution in [0.2, 0.25) is 0 Å². The molecule has 1 aliphatic heterocycles. The topological polar surface area (TPSA) is 12.0 Å². The van der Waals surface area contributed by atoms with Gasteiger partial charge in [0.1, 0.15) is 0 Å². The van der Waals surface area contributed by atoms with Crippen LogP contribution < -0.4 is 5.32 Å². The van der Waals surface area contributed by atoms with Gasteiger partial charge in [0.15, 0.2) is 0 Å². The monoisotopic (exact) mass is 177 g/mol. The van der Waals surface area contributed by atoms with Gasteiger partial charge in [0, 0.05) is 12.0 Å². The first-order chi connectivity index (χ1) is 6.11. The van der Waals surface area contributed by atoms with Crippen LogP contribution in [0.25, 0.3) is 0 Å². The number of nitrogens with one attached hydrogen (secondary N) is 1. The van der Waals surface area contributed by atoms with E-state index in [1.165, 1.54) is 11.1 Å². The van der Waals surface area contributed by atoms with Crippen molar-refractivity contribution in [3.05, 3.63) is 36.5 Å². The third kappa shape index (κ3) is 2.10. The molecule has 1 heterocycles. The van der Waals surface area contributed by atoms with Crippen molar-refractivity contribution in [2.24, 2.45) is 5.41 Å². The molecule has 0 amide bonds. The molecule has 0 spiro atoms. The first-order valence-electron chi connectivity index (χ1n) is 4.81. The molecule has 0 saturated carbocycles. The van der Waals surface area contributed by atoms with E-state index in [9.17, 15) is 0 Å². The summed E-state index contributed by atoms with van der Waals surface area (Å²) in [4.78, 5) is 0. The zero-order chi connectivity index (χ0) is 9.90. The fourth-order valence-corrected chi connectivity index (χ4v) is 1.69. The molecule has 0 saturated heterocycles. The Kier molecular flexibility index (Phi) is 3.10. The molecule has 0 aromatic carbocycles. The van der Waals surface area contributed by atoms with Crippen molar-refractivity contribution in [2.45, 2.75) is 20.3 Å². The van der Waals surface area contributed by atoms with Gasteiger partial charge in [-0.2, -0.15) is 0 Å². The van der Waals surface area contributed by atoms with Crippen LogP contribution in [0.15, 0.2) is 36.5 Å². The van der Waals surface area contributed by atoms with Crippen LogP contribution in [-0.2, 0) is 0 Å². The molecule has 0 aromatic rings. The van der Waals surface area contributed by atoms with E-state index in [1.807, 2.05) is 12.2 Å². The molecular weight excluding hydrogens is 158 g/mol. The largest absolute Gasteiger partial charge is 0.313 e. The SMILES string of the molecule is C=CC1=C(C(C)(C)C=C)CNCC1. The molecule has 1 N–H and O–H groups in total. The lowest BCUT2D eigenvalue weighted by molar-refractivity contribution is 0.516. The molecule has 0 aromatic heterocycles. The lowest BCUT2D eigenvalue weighted by Crippen LogP contribution is -2.31. The average Bonchev–Trinajstić information content (AvgIpc) is 2.18. The van der Waals surface area contributed by atoms with Crippen molar-refractivity contribution in [3.8, 4) is 0 Å². The van der Waals surface area contributed by atoms with Crippen LogP contribution in [0.4, 0.5) is 0 Å². The summed E-state index contributed by atoms with van der Waals surface area (Å²) in [5.74, 6) is 0. The molecule has 1 aliphatic rings. The van der Waals surface area contributed by atoms with Crippen LogP contribution in [0, 0.1) is 5.41 Å². The number of rotatable bonds is 3. The molecule has 1 heteroatoms. The van der Waals surface area contributed by atoms with Gasteiger partial charge in [-0.05, 0) is 24.1 Å². The molecule has 1 nitrogen and oxygen atoms in total. The maximum Gasteiger partial charge on any atom is 0.0179 e. The Balaban J connectivity index is 3.03. The molecule has 0 unspecified atom stereocenters. The van der Waals surface area contributed by atoms with Crippen LogP contribution in [0.1, 0.15) is 20.3 Å². The minimum Gasteiger partial charge on any atom is -0.313 e. The predicted octanol–water partition coefficient (Wildman–Crippen LogP) is 2.67. The molecule has 0 fully saturated rings. The van der Waals surface area contributed by atoms with E-state index >= 15 is 0 Å². The van der Waals surface area contributed by atoms with Gasteiger partial charge in [-0.15, -0.1) is 6.58 Å². The van der Waals surface area contributed by atoms with E-state index in [0.29, 0.717) is 0 Å². The van der Waals surface area contributed by atoms with E-state index in [1.54, 1.807) is 0 Å². The third-order valence-electron chi connectivity index (χ3n) is 2.80. The Labute approximate surface area is 81.2 Å². The van der Waals surface area contributed by atoms with E-state index in [-0.39, 0.29) is 5.41 Å². The van der Waals surface area contributed by atoms with E-state index in [2.05, 4.69) is 32.3 Å². The van der Waals surface area contributed by atoms with Gasteiger partial charge in [-0.25, -0.2) is 0 Å². The first kappa shape index (κ1) is 10.3. The third-order valence-corrected chi connectivity index (χ3v) is 2.80. The van der Waals surface area contributed by atoms with E-state index in [0.717, 1.165) is 19.5 Å². The van der Waals surface area contributed by atoms with Crippen molar-refractivity contribution < 1.29 is 0 Å². The molecule has 0 bridgehead atoms. The van der Waals surface area contributed by atoms with Crippen molar-refractivity contribution >= 4 is 0 Å². The molecule has 72 valence electrons. The molecule has 0 aliphatic carbocycles. The van der Waals surface area contributed by atoms with Crippen LogP contribution in [0.3, 0.4) is 0 Å². The molecule has 1 rings (SSSR count). The fraction of sp³-hybridized carbons (Fsp3) is 0.500. The predicted molar refractivity (Wildman–Crippen MR) is 58.7 cm³/mol. The highest BCUT2D eigenvalue weighted by atomic mass is 14.9. The quantitative estimate of drug-likeness (QED) is 0.653. The van der Waals surface area contributed by atoms with E-state index < -0.39 is 0 Å². The van der Waals surface area contributed by atoms with Crippen molar-refractivity contribution in [1.82, 2.24) is 5.32 Å². The first-order valence-corrected chi connectivity index (χ1v) is 4.81. The van der Waals surface area contributed by atoms with Gasteiger partial charge in [-0.1, -0.05) is 32.6 Å². The Morgan fingerprint density at radius 1 is 1.38 bits per heavy atom. The highest BCUT2D eigenvalue weighted by Crippen LogP contribution is 2.32. The highest BCUT2D eigenvalue weighted by Gasteiger charge is 2.23. The maximum atomic E-state index is 3.88. The van der Waals surface area contributed by atoms with Crippen molar-refractivity contribution in [2.75, 3.05) is 13.1 Å². The number of hydrogen-bond donors (Lipinski definition) is 1. The van der Waals surface area contributed by atoms with Crippen LogP contribution >= 0.6 is 0 Å². The molecule has 0 atom stereocenters. The second-order valence-corrected chi connectivity index (χ2v) is 4.06. The minimum absolute atomic E-state index is 0.0942. The summed E-state index contributed by atoms with van der Waals surface area (Å²) < 4.78 is 0. The summed E-state index contributed by atoms with van der Waals surface area (Å²) >= 11 is 0. The van der Waals surface area contributed by atoms with Crippen molar-refractivity contribution in [1.29, 1.82) is 0 Å². The fourth-order valence-electron chi connectivity index (χ4n) is 1.69. The second-order valence-electron chi connectivity index (χ2n) is 4.06. The van der Waals surface area contributed by atoms with Gasteiger partial charge in [0.05, 0.1) is 0 Å². The van der Waals surface area contributed by atoms with E-state index in [4.69, 9.17) is 0 Å². The summed E-state index contributed by atoms with van der Waals surface area (Å²) in [5, 5.41) is 3.39. The van der Waals surface area contributed by atoms with Gasteiger partial charge >= 0.3 is 0 Å². The zero-order valence-corrected chi connectivity index (χ0v) is 8.69. The minimum atomic E-state index is 0.0942. The summed E-state index contributed by atoms with van der Waals surface area (Å²) in [7, 11) is 0. The van der Waals surface area contributed by atoms with Gasteiger partial charge < -0.3 is 5.32 Å². The van der Waals surface area contributed by atoms with Gasteiger partial charge in [0.25, 0.3) is 0 Å². The zero-order valence-electron chi connectivity index (χ0n) is 8.69. The summed E-state index contributed by atoms with van der Waals surface area (Å²) in [6.07, 6.45) is 5.09. The van der Waals surface area contributed by atoms with Gasteiger partial charge in [-0.3, -0.25) is 0 Å². The Morgan fingerprint density at radius 3 is 2.62 bits per heavy atom. The highest BCUT2D eigenvalue weighted by molar-refractivity contribution is 5.34. The molecule has 13 heavy (non-hydrogen) atoms. The summed E-state index contributed by atoms with van der Waals surface area (Å²) in [6.45, 7) is 14.2. The van der Waals surface area contributed by atoms with Crippen LogP contribution in [-0.4, -0.2) is 13.1 Å².